The number of esters is 2. The molecule has 27 heavy (non-hydrogen) atoms. The van der Waals surface area contributed by atoms with Gasteiger partial charge in [-0.2, -0.15) is 0 Å². The van der Waals surface area contributed by atoms with Gasteiger partial charge in [-0.05, 0) is 26.0 Å². The van der Waals surface area contributed by atoms with Gasteiger partial charge in [0.15, 0.2) is 5.43 Å². The molecular weight excluding hydrogens is 350 g/mol. The van der Waals surface area contributed by atoms with E-state index in [-0.39, 0.29) is 22.1 Å². The van der Waals surface area contributed by atoms with Crippen LogP contribution in [0.15, 0.2) is 62.3 Å². The summed E-state index contributed by atoms with van der Waals surface area (Å²) < 4.78 is 15.4. The maximum Gasteiger partial charge on any atom is 0.336 e. The fourth-order valence-corrected chi connectivity index (χ4v) is 3.36. The number of methoxy groups -OCH3 is 2. The van der Waals surface area contributed by atoms with E-state index in [1.807, 2.05) is 0 Å². The van der Waals surface area contributed by atoms with Crippen molar-refractivity contribution in [3.63, 3.8) is 0 Å². The lowest BCUT2D eigenvalue weighted by atomic mass is 9.80. The maximum absolute atomic E-state index is 13.1. The number of carbonyl (C=O) groups excluding carboxylic acids is 2. The molecule has 0 atom stereocenters. The average molecular weight is 369 g/mol. The van der Waals surface area contributed by atoms with E-state index in [1.54, 1.807) is 38.1 Å². The molecule has 140 valence electrons. The lowest BCUT2D eigenvalue weighted by molar-refractivity contribution is -0.137. The van der Waals surface area contributed by atoms with Crippen LogP contribution in [0.4, 0.5) is 0 Å². The first kappa shape index (κ1) is 18.4. The van der Waals surface area contributed by atoms with Crippen molar-refractivity contribution in [1.82, 2.24) is 5.32 Å². The Bertz CT molecular complexity index is 1020. The number of rotatable bonds is 3. The summed E-state index contributed by atoms with van der Waals surface area (Å²) >= 11 is 0. The zero-order valence-corrected chi connectivity index (χ0v) is 15.4. The summed E-state index contributed by atoms with van der Waals surface area (Å²) in [6, 6.07) is 6.78. The normalized spacial score (nSPS) is 15.0. The van der Waals surface area contributed by atoms with E-state index in [1.165, 1.54) is 20.5 Å². The van der Waals surface area contributed by atoms with Crippen LogP contribution < -0.4 is 10.7 Å². The molecule has 7 nitrogen and oxygen atoms in total. The van der Waals surface area contributed by atoms with Crippen molar-refractivity contribution in [2.75, 3.05) is 14.2 Å². The number of hydrogen-bond donors (Lipinski definition) is 1. The van der Waals surface area contributed by atoms with Crippen LogP contribution in [0.25, 0.3) is 11.0 Å². The van der Waals surface area contributed by atoms with Gasteiger partial charge in [-0.25, -0.2) is 9.59 Å². The molecule has 0 fully saturated rings. The number of allylic oxidation sites excluding steroid dienone is 2. The third-order valence-electron chi connectivity index (χ3n) is 4.59. The molecule has 1 aliphatic rings. The molecule has 1 N–H and O–H groups in total. The maximum atomic E-state index is 13.1. The summed E-state index contributed by atoms with van der Waals surface area (Å²) in [5, 5.41) is 3.35. The summed E-state index contributed by atoms with van der Waals surface area (Å²) in [6.45, 7) is 3.36. The van der Waals surface area contributed by atoms with Crippen molar-refractivity contribution < 1.29 is 23.5 Å². The SMILES string of the molecule is COC(=O)C1=C(C)NC(C)=C(C(=O)OC)C1c1coc2ccccc2c1=O. The van der Waals surface area contributed by atoms with E-state index in [0.717, 1.165) is 0 Å². The van der Waals surface area contributed by atoms with Gasteiger partial charge >= 0.3 is 11.9 Å². The highest BCUT2D eigenvalue weighted by atomic mass is 16.5. The number of ether oxygens (including phenoxy) is 2. The first-order chi connectivity index (χ1) is 12.9. The monoisotopic (exact) mass is 369 g/mol. The Morgan fingerprint density at radius 2 is 1.56 bits per heavy atom. The van der Waals surface area contributed by atoms with Crippen molar-refractivity contribution in [2.45, 2.75) is 19.8 Å². The smallest absolute Gasteiger partial charge is 0.336 e. The molecule has 7 heteroatoms. The van der Waals surface area contributed by atoms with Crippen LogP contribution >= 0.6 is 0 Å². The number of benzene rings is 1. The third kappa shape index (κ3) is 3.01. The second kappa shape index (κ2) is 7.11. The molecular formula is C20H19NO6. The fourth-order valence-electron chi connectivity index (χ4n) is 3.36. The zero-order valence-electron chi connectivity index (χ0n) is 15.4. The van der Waals surface area contributed by atoms with Crippen molar-refractivity contribution in [1.29, 1.82) is 0 Å². The Balaban J connectivity index is 2.34. The number of dihydropyridines is 1. The van der Waals surface area contributed by atoms with E-state index in [9.17, 15) is 14.4 Å². The van der Waals surface area contributed by atoms with Gasteiger partial charge in [0.05, 0.1) is 42.9 Å². The Morgan fingerprint density at radius 3 is 2.11 bits per heavy atom. The molecule has 1 aromatic carbocycles. The molecule has 0 radical (unpaired) electrons. The number of carbonyl (C=O) groups is 2. The number of nitrogens with one attached hydrogen (secondary N) is 1. The Morgan fingerprint density at radius 1 is 1.00 bits per heavy atom. The summed E-state index contributed by atoms with van der Waals surface area (Å²) in [6.07, 6.45) is 1.28. The minimum Gasteiger partial charge on any atom is -0.466 e. The van der Waals surface area contributed by atoms with Crippen LogP contribution in [-0.2, 0) is 19.1 Å². The van der Waals surface area contributed by atoms with Gasteiger partial charge in [-0.3, -0.25) is 4.79 Å². The zero-order chi connectivity index (χ0) is 19.7. The minimum absolute atomic E-state index is 0.158. The highest BCUT2D eigenvalue weighted by molar-refractivity contribution is 6.00. The molecule has 0 saturated heterocycles. The van der Waals surface area contributed by atoms with Gasteiger partial charge in [0.25, 0.3) is 0 Å². The van der Waals surface area contributed by atoms with Gasteiger partial charge in [-0.15, -0.1) is 0 Å². The number of hydrogen-bond acceptors (Lipinski definition) is 7. The van der Waals surface area contributed by atoms with Gasteiger partial charge in [-0.1, -0.05) is 12.1 Å². The molecule has 0 saturated carbocycles. The standard InChI is InChI=1S/C20H19NO6/c1-10-15(19(23)25-3)17(16(11(2)21-10)20(24)26-4)13-9-27-14-8-6-5-7-12(14)18(13)22/h5-9,17,21H,1-4H3. The molecule has 1 aliphatic heterocycles. The minimum atomic E-state index is -0.966. The largest absolute Gasteiger partial charge is 0.466 e. The summed E-state index contributed by atoms with van der Waals surface area (Å²) in [7, 11) is 2.48. The average Bonchev–Trinajstić information content (AvgIpc) is 2.67. The van der Waals surface area contributed by atoms with Gasteiger partial charge in [0.2, 0.25) is 0 Å². The Labute approximate surface area is 155 Å². The summed E-state index contributed by atoms with van der Waals surface area (Å²) in [4.78, 5) is 38.1. The summed E-state index contributed by atoms with van der Waals surface area (Å²) in [5.41, 5.74) is 1.55. The Kier molecular flexibility index (Phi) is 4.85. The van der Waals surface area contributed by atoms with Crippen LogP contribution in [0.2, 0.25) is 0 Å². The molecule has 2 aromatic rings. The second-order valence-electron chi connectivity index (χ2n) is 6.13. The predicted molar refractivity (Wildman–Crippen MR) is 97.8 cm³/mol. The lowest BCUT2D eigenvalue weighted by Crippen LogP contribution is -2.34. The van der Waals surface area contributed by atoms with Crippen LogP contribution in [0.3, 0.4) is 0 Å². The van der Waals surface area contributed by atoms with Gasteiger partial charge in [0, 0.05) is 17.0 Å². The first-order valence-electron chi connectivity index (χ1n) is 8.26. The number of para-hydroxylation sites is 1. The van der Waals surface area contributed by atoms with Crippen molar-refractivity contribution >= 4 is 22.9 Å². The van der Waals surface area contributed by atoms with Crippen molar-refractivity contribution in [3.8, 4) is 0 Å². The highest BCUT2D eigenvalue weighted by Crippen LogP contribution is 2.38. The van der Waals surface area contributed by atoms with Gasteiger partial charge < -0.3 is 19.2 Å². The van der Waals surface area contributed by atoms with E-state index in [0.29, 0.717) is 22.4 Å². The van der Waals surface area contributed by atoms with Crippen LogP contribution in [0, 0.1) is 0 Å². The topological polar surface area (TPSA) is 94.8 Å². The van der Waals surface area contributed by atoms with Crippen molar-refractivity contribution in [3.05, 3.63) is 68.9 Å². The Hall–Kier alpha value is -3.35. The lowest BCUT2D eigenvalue weighted by Gasteiger charge is -2.29. The van der Waals surface area contributed by atoms with Crippen LogP contribution in [0.1, 0.15) is 25.3 Å². The quantitative estimate of drug-likeness (QED) is 0.830. The first-order valence-corrected chi connectivity index (χ1v) is 8.26. The highest BCUT2D eigenvalue weighted by Gasteiger charge is 2.39. The van der Waals surface area contributed by atoms with Gasteiger partial charge in [0.1, 0.15) is 5.58 Å². The fraction of sp³-hybridized carbons (Fsp3) is 0.250. The summed E-state index contributed by atoms with van der Waals surface area (Å²) in [5.74, 6) is -2.26. The molecule has 0 amide bonds. The molecule has 0 bridgehead atoms. The molecule has 2 heterocycles. The predicted octanol–water partition coefficient (Wildman–Crippen LogP) is 2.37. The molecule has 0 aliphatic carbocycles. The second-order valence-corrected chi connectivity index (χ2v) is 6.13. The molecule has 3 rings (SSSR count). The van der Waals surface area contributed by atoms with E-state index in [2.05, 4.69) is 5.32 Å². The molecule has 0 spiro atoms. The molecule has 0 unspecified atom stereocenters. The molecule has 1 aromatic heterocycles. The van der Waals surface area contributed by atoms with E-state index in [4.69, 9.17) is 13.9 Å². The van der Waals surface area contributed by atoms with E-state index >= 15 is 0 Å². The van der Waals surface area contributed by atoms with Crippen LogP contribution in [0.5, 0.6) is 0 Å². The van der Waals surface area contributed by atoms with E-state index < -0.39 is 17.9 Å². The van der Waals surface area contributed by atoms with Crippen LogP contribution in [-0.4, -0.2) is 26.2 Å². The third-order valence-corrected chi connectivity index (χ3v) is 4.59. The van der Waals surface area contributed by atoms with Crippen molar-refractivity contribution in [2.24, 2.45) is 0 Å². The number of fused-ring (bicyclic) bond motifs is 1.